The second kappa shape index (κ2) is 15.1. The van der Waals surface area contributed by atoms with E-state index in [1.807, 2.05) is 48.5 Å². The summed E-state index contributed by atoms with van der Waals surface area (Å²) in [6.45, 7) is 2.28. The van der Waals surface area contributed by atoms with Crippen LogP contribution in [0.3, 0.4) is 0 Å². The molecular formula is C28H40N6O4. The van der Waals surface area contributed by atoms with Gasteiger partial charge in [-0.25, -0.2) is 0 Å². The van der Waals surface area contributed by atoms with Gasteiger partial charge in [-0.1, -0.05) is 42.5 Å². The van der Waals surface area contributed by atoms with Gasteiger partial charge in [-0.05, 0) is 48.4 Å². The first-order valence-corrected chi connectivity index (χ1v) is 13.2. The lowest BCUT2D eigenvalue weighted by molar-refractivity contribution is -0.135. The molecule has 10 nitrogen and oxygen atoms in total. The van der Waals surface area contributed by atoms with Crippen molar-refractivity contribution in [3.05, 3.63) is 65.2 Å². The number of ether oxygens (including phenoxy) is 1. The zero-order valence-electron chi connectivity index (χ0n) is 21.9. The minimum Gasteiger partial charge on any atom is -0.493 e. The average molecular weight is 525 g/mol. The number of aryl methyl sites for hydroxylation is 2. The van der Waals surface area contributed by atoms with Crippen molar-refractivity contribution in [2.75, 3.05) is 32.8 Å². The van der Waals surface area contributed by atoms with Crippen LogP contribution in [-0.4, -0.2) is 67.5 Å². The van der Waals surface area contributed by atoms with E-state index in [2.05, 4.69) is 10.6 Å². The van der Waals surface area contributed by atoms with Gasteiger partial charge in [0.1, 0.15) is 11.8 Å². The number of nitrogens with one attached hydrogen (secondary N) is 2. The Kier molecular flexibility index (Phi) is 11.5. The molecule has 3 rings (SSSR count). The Balaban J connectivity index is 1.62. The van der Waals surface area contributed by atoms with Gasteiger partial charge in [0.05, 0.1) is 19.1 Å². The summed E-state index contributed by atoms with van der Waals surface area (Å²) in [5.41, 5.74) is 20.4. The van der Waals surface area contributed by atoms with Crippen LogP contribution in [0.4, 0.5) is 0 Å². The second-order valence-corrected chi connectivity index (χ2v) is 9.47. The Hall–Kier alpha value is -3.47. The van der Waals surface area contributed by atoms with E-state index in [0.717, 1.165) is 41.9 Å². The van der Waals surface area contributed by atoms with E-state index in [4.69, 9.17) is 21.9 Å². The first kappa shape index (κ1) is 29.1. The molecule has 2 unspecified atom stereocenters. The molecule has 10 heteroatoms. The fraction of sp³-hybridized carbons (Fsp3) is 0.464. The summed E-state index contributed by atoms with van der Waals surface area (Å²) in [6, 6.07) is 13.7. The Morgan fingerprint density at radius 3 is 2.42 bits per heavy atom. The zero-order chi connectivity index (χ0) is 27.3. The van der Waals surface area contributed by atoms with Gasteiger partial charge in [-0.2, -0.15) is 0 Å². The van der Waals surface area contributed by atoms with Crippen LogP contribution in [-0.2, 0) is 33.8 Å². The van der Waals surface area contributed by atoms with Gasteiger partial charge in [0.2, 0.25) is 17.7 Å². The van der Waals surface area contributed by atoms with Crippen molar-refractivity contribution in [1.82, 2.24) is 15.5 Å². The van der Waals surface area contributed by atoms with Gasteiger partial charge in [-0.15, -0.1) is 0 Å². The molecule has 0 saturated heterocycles. The minimum atomic E-state index is -1.10. The molecule has 1 aliphatic heterocycles. The fourth-order valence-electron chi connectivity index (χ4n) is 4.42. The van der Waals surface area contributed by atoms with Crippen LogP contribution < -0.4 is 32.6 Å². The molecule has 0 spiro atoms. The molecule has 0 bridgehead atoms. The van der Waals surface area contributed by atoms with Crippen LogP contribution >= 0.6 is 0 Å². The molecule has 8 N–H and O–H groups in total. The van der Waals surface area contributed by atoms with Crippen molar-refractivity contribution in [1.29, 1.82) is 0 Å². The Labute approximate surface area is 224 Å². The molecule has 206 valence electrons. The maximum absolute atomic E-state index is 13.2. The number of benzene rings is 2. The van der Waals surface area contributed by atoms with E-state index in [1.165, 1.54) is 4.90 Å². The monoisotopic (exact) mass is 524 g/mol. The summed E-state index contributed by atoms with van der Waals surface area (Å²) in [7, 11) is 0. The van der Waals surface area contributed by atoms with Gasteiger partial charge >= 0.3 is 0 Å². The highest BCUT2D eigenvalue weighted by Crippen LogP contribution is 2.25. The van der Waals surface area contributed by atoms with E-state index in [0.29, 0.717) is 32.5 Å². The quantitative estimate of drug-likeness (QED) is 0.236. The highest BCUT2D eigenvalue weighted by molar-refractivity contribution is 5.92. The normalized spacial score (nSPS) is 14.0. The standard InChI is InChI=1S/C28H40N6O4/c29-12-14-34(15-13-30)26(35)18-23(31)27(36)33-24(10-8-20-5-2-1-3-6-20)28(37)32-19-21-9-11-25-22(17-21)7-4-16-38-25/h1-3,5-6,9,11,17,23-24H,4,7-8,10,12-16,18-19,29-31H2,(H,32,37)(H,33,36). The lowest BCUT2D eigenvalue weighted by Crippen LogP contribution is -2.53. The summed E-state index contributed by atoms with van der Waals surface area (Å²) in [5.74, 6) is -0.280. The molecule has 0 radical (unpaired) electrons. The highest BCUT2D eigenvalue weighted by Gasteiger charge is 2.26. The van der Waals surface area contributed by atoms with Crippen LogP contribution in [0.1, 0.15) is 36.0 Å². The third-order valence-electron chi connectivity index (χ3n) is 6.52. The summed E-state index contributed by atoms with van der Waals surface area (Å²) >= 11 is 0. The van der Waals surface area contributed by atoms with Gasteiger partial charge < -0.3 is 37.5 Å². The Bertz CT molecular complexity index is 1060. The maximum Gasteiger partial charge on any atom is 0.242 e. The number of amides is 3. The predicted octanol–water partition coefficient (Wildman–Crippen LogP) is 0.209. The maximum atomic E-state index is 13.2. The summed E-state index contributed by atoms with van der Waals surface area (Å²) in [4.78, 5) is 40.2. The molecule has 38 heavy (non-hydrogen) atoms. The fourth-order valence-corrected chi connectivity index (χ4v) is 4.42. The minimum absolute atomic E-state index is 0.198. The van der Waals surface area contributed by atoms with E-state index in [9.17, 15) is 14.4 Å². The Morgan fingerprint density at radius 2 is 1.71 bits per heavy atom. The van der Waals surface area contributed by atoms with E-state index >= 15 is 0 Å². The molecule has 2 aromatic rings. The smallest absolute Gasteiger partial charge is 0.242 e. The summed E-state index contributed by atoms with van der Waals surface area (Å²) in [5, 5.41) is 5.71. The van der Waals surface area contributed by atoms with Crippen molar-refractivity contribution in [3.8, 4) is 5.75 Å². The number of carbonyl (C=O) groups excluding carboxylic acids is 3. The van der Waals surface area contributed by atoms with Gasteiger partial charge in [-0.3, -0.25) is 14.4 Å². The molecule has 0 fully saturated rings. The van der Waals surface area contributed by atoms with Crippen molar-refractivity contribution in [2.24, 2.45) is 17.2 Å². The molecule has 0 aliphatic carbocycles. The summed E-state index contributed by atoms with van der Waals surface area (Å²) < 4.78 is 5.67. The number of hydrogen-bond acceptors (Lipinski definition) is 7. The predicted molar refractivity (Wildman–Crippen MR) is 146 cm³/mol. The van der Waals surface area contributed by atoms with Crippen LogP contribution in [0.15, 0.2) is 48.5 Å². The van der Waals surface area contributed by atoms with Crippen LogP contribution in [0.25, 0.3) is 0 Å². The number of nitrogens with zero attached hydrogens (tertiary/aromatic N) is 1. The van der Waals surface area contributed by atoms with Gasteiger partial charge in [0, 0.05) is 32.7 Å². The number of fused-ring (bicyclic) bond motifs is 1. The van der Waals surface area contributed by atoms with Crippen molar-refractivity contribution < 1.29 is 19.1 Å². The molecule has 1 heterocycles. The van der Waals surface area contributed by atoms with E-state index in [1.54, 1.807) is 0 Å². The molecule has 2 aromatic carbocycles. The first-order chi connectivity index (χ1) is 18.4. The SMILES string of the molecule is NCCN(CCN)C(=O)CC(N)C(=O)NC(CCc1ccccc1)C(=O)NCc1ccc2c(c1)CCCO2. The largest absolute Gasteiger partial charge is 0.493 e. The van der Waals surface area contributed by atoms with Crippen molar-refractivity contribution >= 4 is 17.7 Å². The van der Waals surface area contributed by atoms with Gasteiger partial charge in [0.15, 0.2) is 0 Å². The van der Waals surface area contributed by atoms with Crippen molar-refractivity contribution in [3.63, 3.8) is 0 Å². The first-order valence-electron chi connectivity index (χ1n) is 13.2. The van der Waals surface area contributed by atoms with Gasteiger partial charge in [0.25, 0.3) is 0 Å². The molecule has 0 saturated carbocycles. The molecular weight excluding hydrogens is 484 g/mol. The summed E-state index contributed by atoms with van der Waals surface area (Å²) in [6.07, 6.45) is 2.68. The number of nitrogens with two attached hydrogens (primary N) is 3. The lowest BCUT2D eigenvalue weighted by Gasteiger charge is -2.24. The topological polar surface area (TPSA) is 166 Å². The third kappa shape index (κ3) is 8.83. The third-order valence-corrected chi connectivity index (χ3v) is 6.52. The molecule has 0 aromatic heterocycles. The number of hydrogen-bond donors (Lipinski definition) is 5. The van der Waals surface area contributed by atoms with Crippen LogP contribution in [0.5, 0.6) is 5.75 Å². The average Bonchev–Trinajstić information content (AvgIpc) is 2.94. The molecule has 3 amide bonds. The Morgan fingerprint density at radius 1 is 0.974 bits per heavy atom. The van der Waals surface area contributed by atoms with Crippen LogP contribution in [0, 0.1) is 0 Å². The van der Waals surface area contributed by atoms with E-state index in [-0.39, 0.29) is 31.3 Å². The molecule has 1 aliphatic rings. The second-order valence-electron chi connectivity index (χ2n) is 9.47. The number of carbonyl (C=O) groups is 3. The van der Waals surface area contributed by atoms with E-state index < -0.39 is 18.0 Å². The zero-order valence-corrected chi connectivity index (χ0v) is 21.9. The lowest BCUT2D eigenvalue weighted by atomic mass is 10.0. The van der Waals surface area contributed by atoms with Crippen molar-refractivity contribution in [2.45, 2.75) is 50.7 Å². The molecule has 2 atom stereocenters. The number of rotatable bonds is 14. The van der Waals surface area contributed by atoms with Crippen LogP contribution in [0.2, 0.25) is 0 Å². The highest BCUT2D eigenvalue weighted by atomic mass is 16.5.